The minimum atomic E-state index is -1.12. The number of nitrogens with two attached hydrogens (primary N) is 1. The van der Waals surface area contributed by atoms with E-state index in [0.717, 1.165) is 6.42 Å². The van der Waals surface area contributed by atoms with Crippen molar-refractivity contribution in [3.8, 4) is 0 Å². The first-order valence-electron chi connectivity index (χ1n) is 5.28. The predicted molar refractivity (Wildman–Crippen MR) is 60.9 cm³/mol. The minimum absolute atomic E-state index is 0.121. The van der Waals surface area contributed by atoms with Crippen LogP contribution in [0, 0.1) is 0 Å². The Morgan fingerprint density at radius 3 is 2.88 bits per heavy atom. The number of carbonyl (C=O) groups is 1. The van der Waals surface area contributed by atoms with Crippen molar-refractivity contribution in [1.82, 2.24) is 9.78 Å². The van der Waals surface area contributed by atoms with Gasteiger partial charge < -0.3 is 20.3 Å². The summed E-state index contributed by atoms with van der Waals surface area (Å²) in [5.74, 6) is -1.12. The lowest BCUT2D eigenvalue weighted by atomic mass is 10.4. The number of aromatic nitrogens is 2. The number of anilines is 1. The summed E-state index contributed by atoms with van der Waals surface area (Å²) >= 11 is 0. The molecule has 0 saturated carbocycles. The molecule has 0 fully saturated rings. The molecule has 0 saturated heterocycles. The molecule has 1 aromatic heterocycles. The van der Waals surface area contributed by atoms with E-state index in [0.29, 0.717) is 26.4 Å². The minimum Gasteiger partial charge on any atom is -0.476 e. The van der Waals surface area contributed by atoms with Crippen molar-refractivity contribution < 1.29 is 19.4 Å². The van der Waals surface area contributed by atoms with Gasteiger partial charge in [-0.2, -0.15) is 5.10 Å². The van der Waals surface area contributed by atoms with Gasteiger partial charge in [-0.15, -0.1) is 0 Å². The summed E-state index contributed by atoms with van der Waals surface area (Å²) in [6.45, 7) is 2.21. The SMILES string of the molecule is COCCCOCCn1cc(N)c(C(=O)O)n1. The number of carboxylic acid groups (broad SMARTS) is 1. The van der Waals surface area contributed by atoms with Gasteiger partial charge in [0.15, 0.2) is 5.69 Å². The van der Waals surface area contributed by atoms with Gasteiger partial charge in [0.2, 0.25) is 0 Å². The lowest BCUT2D eigenvalue weighted by Gasteiger charge is -2.03. The quantitative estimate of drug-likeness (QED) is 0.633. The number of aromatic carboxylic acids is 1. The molecular weight excluding hydrogens is 226 g/mol. The Balaban J connectivity index is 2.27. The van der Waals surface area contributed by atoms with Crippen molar-refractivity contribution in [2.24, 2.45) is 0 Å². The van der Waals surface area contributed by atoms with Crippen LogP contribution in [-0.4, -0.2) is 47.8 Å². The van der Waals surface area contributed by atoms with Gasteiger partial charge in [-0.1, -0.05) is 0 Å². The molecule has 0 aliphatic rings. The molecule has 0 aliphatic carbocycles. The molecule has 0 aliphatic heterocycles. The van der Waals surface area contributed by atoms with Crippen molar-refractivity contribution in [3.63, 3.8) is 0 Å². The zero-order valence-electron chi connectivity index (χ0n) is 9.76. The number of hydrogen-bond donors (Lipinski definition) is 2. The first-order valence-corrected chi connectivity index (χ1v) is 5.28. The topological polar surface area (TPSA) is 99.6 Å². The van der Waals surface area contributed by atoms with E-state index >= 15 is 0 Å². The highest BCUT2D eigenvalue weighted by molar-refractivity contribution is 5.91. The molecule has 96 valence electrons. The monoisotopic (exact) mass is 243 g/mol. The highest BCUT2D eigenvalue weighted by Crippen LogP contribution is 2.08. The van der Waals surface area contributed by atoms with Gasteiger partial charge in [0.25, 0.3) is 0 Å². The second kappa shape index (κ2) is 6.87. The lowest BCUT2D eigenvalue weighted by molar-refractivity contribution is 0.0688. The molecule has 0 spiro atoms. The summed E-state index contributed by atoms with van der Waals surface area (Å²) in [7, 11) is 1.64. The zero-order chi connectivity index (χ0) is 12.7. The fraction of sp³-hybridized carbons (Fsp3) is 0.600. The molecule has 1 aromatic rings. The fourth-order valence-electron chi connectivity index (χ4n) is 1.28. The van der Waals surface area contributed by atoms with E-state index in [-0.39, 0.29) is 11.4 Å². The summed E-state index contributed by atoms with van der Waals surface area (Å²) in [5.41, 5.74) is 5.53. The Hall–Kier alpha value is -1.60. The van der Waals surface area contributed by atoms with Gasteiger partial charge in [-0.3, -0.25) is 4.68 Å². The van der Waals surface area contributed by atoms with Crippen LogP contribution in [0.5, 0.6) is 0 Å². The summed E-state index contributed by atoms with van der Waals surface area (Å²) in [5, 5.41) is 12.6. The molecule has 0 bridgehead atoms. The van der Waals surface area contributed by atoms with Crippen LogP contribution < -0.4 is 5.73 Å². The molecular formula is C10H17N3O4. The van der Waals surface area contributed by atoms with Crippen LogP contribution in [0.2, 0.25) is 0 Å². The molecule has 0 amide bonds. The number of carboxylic acids is 1. The molecule has 7 nitrogen and oxygen atoms in total. The van der Waals surface area contributed by atoms with Gasteiger partial charge in [0.05, 0.1) is 18.8 Å². The Bertz CT molecular complexity index is 364. The molecule has 0 unspecified atom stereocenters. The summed E-state index contributed by atoms with van der Waals surface area (Å²) < 4.78 is 11.7. The van der Waals surface area contributed by atoms with Crippen LogP contribution in [0.1, 0.15) is 16.9 Å². The first kappa shape index (κ1) is 13.5. The van der Waals surface area contributed by atoms with Crippen molar-refractivity contribution in [2.45, 2.75) is 13.0 Å². The van der Waals surface area contributed by atoms with E-state index in [4.69, 9.17) is 20.3 Å². The van der Waals surface area contributed by atoms with E-state index < -0.39 is 5.97 Å². The van der Waals surface area contributed by atoms with Crippen LogP contribution in [0.3, 0.4) is 0 Å². The maximum atomic E-state index is 10.7. The summed E-state index contributed by atoms with van der Waals surface area (Å²) in [6, 6.07) is 0. The smallest absolute Gasteiger partial charge is 0.358 e. The maximum absolute atomic E-state index is 10.7. The van der Waals surface area contributed by atoms with E-state index in [1.807, 2.05) is 0 Å². The Morgan fingerprint density at radius 2 is 2.29 bits per heavy atom. The molecule has 0 atom stereocenters. The van der Waals surface area contributed by atoms with Crippen molar-refractivity contribution in [2.75, 3.05) is 32.7 Å². The van der Waals surface area contributed by atoms with E-state index in [1.165, 1.54) is 10.9 Å². The van der Waals surface area contributed by atoms with Crippen molar-refractivity contribution >= 4 is 11.7 Å². The van der Waals surface area contributed by atoms with E-state index in [9.17, 15) is 4.79 Å². The van der Waals surface area contributed by atoms with Crippen LogP contribution in [-0.2, 0) is 16.0 Å². The average molecular weight is 243 g/mol. The highest BCUT2D eigenvalue weighted by Gasteiger charge is 2.12. The third-order valence-corrected chi connectivity index (χ3v) is 2.09. The number of methoxy groups -OCH3 is 1. The highest BCUT2D eigenvalue weighted by atomic mass is 16.5. The molecule has 0 radical (unpaired) electrons. The molecule has 17 heavy (non-hydrogen) atoms. The second-order valence-corrected chi connectivity index (χ2v) is 3.46. The number of hydrogen-bond acceptors (Lipinski definition) is 5. The van der Waals surface area contributed by atoms with Crippen molar-refractivity contribution in [3.05, 3.63) is 11.9 Å². The molecule has 1 heterocycles. The van der Waals surface area contributed by atoms with Crippen LogP contribution in [0.15, 0.2) is 6.20 Å². The van der Waals surface area contributed by atoms with E-state index in [2.05, 4.69) is 5.10 Å². The number of nitrogens with zero attached hydrogens (tertiary/aromatic N) is 2. The third kappa shape index (κ3) is 4.41. The Kier molecular flexibility index (Phi) is 5.44. The Labute approximate surface area is 99.1 Å². The van der Waals surface area contributed by atoms with Gasteiger partial charge in [0.1, 0.15) is 0 Å². The van der Waals surface area contributed by atoms with Crippen LogP contribution >= 0.6 is 0 Å². The van der Waals surface area contributed by atoms with Gasteiger partial charge in [-0.05, 0) is 6.42 Å². The average Bonchev–Trinajstić information content (AvgIpc) is 2.65. The molecule has 1 rings (SSSR count). The first-order chi connectivity index (χ1) is 8.15. The molecule has 0 aromatic carbocycles. The fourth-order valence-corrected chi connectivity index (χ4v) is 1.28. The number of nitrogen functional groups attached to an aromatic ring is 1. The largest absolute Gasteiger partial charge is 0.476 e. The lowest BCUT2D eigenvalue weighted by Crippen LogP contribution is -2.09. The maximum Gasteiger partial charge on any atom is 0.358 e. The van der Waals surface area contributed by atoms with Crippen LogP contribution in [0.25, 0.3) is 0 Å². The normalized spacial score (nSPS) is 10.6. The predicted octanol–water partition coefficient (Wildman–Crippen LogP) is 0.217. The van der Waals surface area contributed by atoms with Gasteiger partial charge in [0, 0.05) is 26.5 Å². The second-order valence-electron chi connectivity index (χ2n) is 3.46. The van der Waals surface area contributed by atoms with Crippen LogP contribution in [0.4, 0.5) is 5.69 Å². The van der Waals surface area contributed by atoms with Gasteiger partial charge >= 0.3 is 5.97 Å². The number of ether oxygens (including phenoxy) is 2. The zero-order valence-corrected chi connectivity index (χ0v) is 9.76. The molecule has 7 heteroatoms. The Morgan fingerprint density at radius 1 is 1.53 bits per heavy atom. The number of rotatable bonds is 8. The van der Waals surface area contributed by atoms with Gasteiger partial charge in [-0.25, -0.2) is 4.79 Å². The van der Waals surface area contributed by atoms with E-state index in [1.54, 1.807) is 7.11 Å². The molecule has 3 N–H and O–H groups in total. The van der Waals surface area contributed by atoms with Crippen molar-refractivity contribution in [1.29, 1.82) is 0 Å². The third-order valence-electron chi connectivity index (χ3n) is 2.09. The standard InChI is InChI=1S/C10H17N3O4/c1-16-4-2-5-17-6-3-13-7-8(11)9(12-13)10(14)15/h7H,2-6,11H2,1H3,(H,14,15). The summed E-state index contributed by atoms with van der Waals surface area (Å²) in [6.07, 6.45) is 2.32. The summed E-state index contributed by atoms with van der Waals surface area (Å²) in [4.78, 5) is 10.7.